The Morgan fingerprint density at radius 2 is 2.05 bits per heavy atom. The van der Waals surface area contributed by atoms with Gasteiger partial charge in [0.25, 0.3) is 5.91 Å². The first kappa shape index (κ1) is 25.5. The van der Waals surface area contributed by atoms with Gasteiger partial charge in [-0.25, -0.2) is 9.18 Å². The number of ether oxygens (including phenoxy) is 1. The second kappa shape index (κ2) is 9.63. The fourth-order valence-electron chi connectivity index (χ4n) is 5.64. The van der Waals surface area contributed by atoms with Gasteiger partial charge < -0.3 is 14.8 Å². The maximum Gasteiger partial charge on any atom is 0.328 e. The molecule has 0 radical (unpaired) electrons. The molecule has 3 aromatic rings. The van der Waals surface area contributed by atoms with Crippen LogP contribution in [0.25, 0.3) is 10.9 Å². The summed E-state index contributed by atoms with van der Waals surface area (Å²) in [5, 5.41) is 10.9. The van der Waals surface area contributed by atoms with Gasteiger partial charge in [-0.3, -0.25) is 19.5 Å². The lowest BCUT2D eigenvalue weighted by atomic mass is 9.81. The first-order valence-corrected chi connectivity index (χ1v) is 12.7. The van der Waals surface area contributed by atoms with E-state index in [9.17, 15) is 19.1 Å². The van der Waals surface area contributed by atoms with E-state index in [4.69, 9.17) is 16.3 Å². The first-order chi connectivity index (χ1) is 17.7. The summed E-state index contributed by atoms with van der Waals surface area (Å²) in [4.78, 5) is 36.1. The van der Waals surface area contributed by atoms with Crippen LogP contribution in [0.5, 0.6) is 5.75 Å². The monoisotopic (exact) mass is 528 g/mol. The Bertz CT molecular complexity index is 1380. The highest BCUT2D eigenvalue weighted by Gasteiger charge is 2.60. The highest BCUT2D eigenvalue weighted by molar-refractivity contribution is 6.31. The van der Waals surface area contributed by atoms with Crippen molar-refractivity contribution in [1.29, 1.82) is 0 Å². The number of methoxy groups -OCH3 is 1. The molecule has 2 aliphatic heterocycles. The number of fused-ring (bicyclic) bond motifs is 4. The molecule has 8 nitrogen and oxygen atoms in total. The van der Waals surface area contributed by atoms with Crippen molar-refractivity contribution in [2.45, 2.75) is 31.8 Å². The largest absolute Gasteiger partial charge is 0.508 e. The number of urea groups is 1. The number of hydrogen-bond acceptors (Lipinski definition) is 5. The maximum absolute atomic E-state index is 14.3. The van der Waals surface area contributed by atoms with Crippen molar-refractivity contribution in [3.8, 4) is 5.75 Å². The summed E-state index contributed by atoms with van der Waals surface area (Å²) in [6, 6.07) is 8.46. The standard InChI is InChI=1S/C27H30ClFN4O4/c1-4-31(10-11-37-3)8-9-32-25(35)27(2)15-19-18-13-20(28)21(29)14-22(18)30-23(19)24(33(27)26(32)36)16-6-5-7-17(34)12-16/h5-7,12-14,24,30,34H,4,8-11,15H2,1-3H3. The van der Waals surface area contributed by atoms with Crippen LogP contribution in [0.15, 0.2) is 36.4 Å². The number of halogens is 2. The third-order valence-electron chi connectivity index (χ3n) is 7.59. The first-order valence-electron chi connectivity index (χ1n) is 12.3. The quantitative estimate of drug-likeness (QED) is 0.425. The maximum atomic E-state index is 14.3. The number of carbonyl (C=O) groups is 2. The number of aromatic amines is 1. The number of H-pyrrole nitrogens is 1. The van der Waals surface area contributed by atoms with E-state index in [0.717, 1.165) is 12.1 Å². The molecule has 37 heavy (non-hydrogen) atoms. The minimum absolute atomic E-state index is 0.0121. The van der Waals surface area contributed by atoms with E-state index in [-0.39, 0.29) is 29.6 Å². The van der Waals surface area contributed by atoms with Crippen LogP contribution in [0.2, 0.25) is 5.02 Å². The Kier molecular flexibility index (Phi) is 6.64. The van der Waals surface area contributed by atoms with Crippen molar-refractivity contribution in [2.75, 3.05) is 39.9 Å². The number of rotatable bonds is 8. The molecule has 0 saturated carbocycles. The van der Waals surface area contributed by atoms with E-state index in [0.29, 0.717) is 41.9 Å². The molecule has 0 aliphatic carbocycles. The Balaban J connectivity index is 1.60. The molecule has 2 aromatic carbocycles. The number of phenols is 1. The van der Waals surface area contributed by atoms with Gasteiger partial charge in [0, 0.05) is 49.8 Å². The predicted octanol–water partition coefficient (Wildman–Crippen LogP) is 4.30. The van der Waals surface area contributed by atoms with E-state index in [1.807, 2.05) is 13.0 Å². The van der Waals surface area contributed by atoms with Crippen LogP contribution in [0.1, 0.15) is 36.7 Å². The number of amides is 3. The highest BCUT2D eigenvalue weighted by Crippen LogP contribution is 2.49. The zero-order valence-electron chi connectivity index (χ0n) is 21.1. The summed E-state index contributed by atoms with van der Waals surface area (Å²) in [6.45, 7) is 6.60. The van der Waals surface area contributed by atoms with Gasteiger partial charge in [0.15, 0.2) is 0 Å². The summed E-state index contributed by atoms with van der Waals surface area (Å²) in [5.41, 5.74) is 1.50. The molecule has 0 spiro atoms. The number of nitrogens with one attached hydrogen (secondary N) is 1. The van der Waals surface area contributed by atoms with Crippen LogP contribution in [0.3, 0.4) is 0 Å². The zero-order valence-corrected chi connectivity index (χ0v) is 21.8. The topological polar surface area (TPSA) is 89.1 Å². The number of phenolic OH excluding ortho intramolecular Hbond substituents is 1. The van der Waals surface area contributed by atoms with Crippen molar-refractivity contribution < 1.29 is 23.8 Å². The third kappa shape index (κ3) is 4.15. The van der Waals surface area contributed by atoms with Crippen LogP contribution < -0.4 is 0 Å². The minimum Gasteiger partial charge on any atom is -0.508 e. The predicted molar refractivity (Wildman–Crippen MR) is 138 cm³/mol. The smallest absolute Gasteiger partial charge is 0.328 e. The van der Waals surface area contributed by atoms with Gasteiger partial charge >= 0.3 is 6.03 Å². The Hall–Kier alpha value is -3.14. The molecular formula is C27H30ClFN4O4. The number of carbonyl (C=O) groups excluding carboxylic acids is 2. The molecule has 1 fully saturated rings. The minimum atomic E-state index is -1.17. The summed E-state index contributed by atoms with van der Waals surface area (Å²) in [6.07, 6.45) is 0.252. The second-order valence-electron chi connectivity index (χ2n) is 9.81. The van der Waals surface area contributed by atoms with Gasteiger partial charge in [-0.1, -0.05) is 30.7 Å². The molecule has 10 heteroatoms. The summed E-state index contributed by atoms with van der Waals surface area (Å²) in [7, 11) is 1.64. The van der Waals surface area contributed by atoms with Gasteiger partial charge in [0.1, 0.15) is 23.1 Å². The number of nitrogens with zero attached hydrogens (tertiary/aromatic N) is 3. The number of aromatic hydroxyl groups is 1. The third-order valence-corrected chi connectivity index (χ3v) is 7.88. The Morgan fingerprint density at radius 3 is 2.76 bits per heavy atom. The van der Waals surface area contributed by atoms with Crippen LogP contribution in [0.4, 0.5) is 9.18 Å². The number of imide groups is 1. The molecule has 2 N–H and O–H groups in total. The highest BCUT2D eigenvalue weighted by atomic mass is 35.5. The van der Waals surface area contributed by atoms with Crippen molar-refractivity contribution in [1.82, 2.24) is 19.7 Å². The van der Waals surface area contributed by atoms with Crippen molar-refractivity contribution >= 4 is 34.4 Å². The van der Waals surface area contributed by atoms with Crippen LogP contribution in [0, 0.1) is 5.82 Å². The second-order valence-corrected chi connectivity index (χ2v) is 10.2. The van der Waals surface area contributed by atoms with E-state index >= 15 is 0 Å². The van der Waals surface area contributed by atoms with Crippen molar-refractivity contribution in [2.24, 2.45) is 0 Å². The lowest BCUT2D eigenvalue weighted by Crippen LogP contribution is -2.53. The number of benzene rings is 2. The van der Waals surface area contributed by atoms with Gasteiger partial charge in [-0.05, 0) is 48.9 Å². The number of aromatic nitrogens is 1. The molecule has 2 aliphatic rings. The molecule has 0 bridgehead atoms. The van der Waals surface area contributed by atoms with E-state index in [1.165, 1.54) is 11.0 Å². The lowest BCUT2D eigenvalue weighted by Gasteiger charge is -2.42. The fourth-order valence-corrected chi connectivity index (χ4v) is 5.80. The van der Waals surface area contributed by atoms with Crippen molar-refractivity contribution in [3.05, 3.63) is 64.1 Å². The average molecular weight is 529 g/mol. The zero-order chi connectivity index (χ0) is 26.5. The summed E-state index contributed by atoms with van der Waals surface area (Å²) < 4.78 is 19.5. The van der Waals surface area contributed by atoms with Crippen LogP contribution in [-0.2, 0) is 16.0 Å². The van der Waals surface area contributed by atoms with Gasteiger partial charge in [-0.2, -0.15) is 0 Å². The van der Waals surface area contributed by atoms with Gasteiger partial charge in [0.05, 0.1) is 11.6 Å². The van der Waals surface area contributed by atoms with E-state index < -0.39 is 23.4 Å². The lowest BCUT2D eigenvalue weighted by molar-refractivity contribution is -0.133. The molecule has 2 atom stereocenters. The molecular weight excluding hydrogens is 499 g/mol. The van der Waals surface area contributed by atoms with Crippen molar-refractivity contribution in [3.63, 3.8) is 0 Å². The van der Waals surface area contributed by atoms with Gasteiger partial charge in [0.2, 0.25) is 0 Å². The fraction of sp³-hybridized carbons (Fsp3) is 0.407. The molecule has 196 valence electrons. The molecule has 1 aromatic heterocycles. The normalized spacial score (nSPS) is 21.3. The van der Waals surface area contributed by atoms with Crippen LogP contribution >= 0.6 is 11.6 Å². The molecule has 2 unspecified atom stereocenters. The average Bonchev–Trinajstić information content (AvgIpc) is 3.29. The summed E-state index contributed by atoms with van der Waals surface area (Å²) >= 11 is 6.13. The van der Waals surface area contributed by atoms with Crippen LogP contribution in [-0.4, -0.2) is 82.2 Å². The van der Waals surface area contributed by atoms with E-state index in [1.54, 1.807) is 43.2 Å². The number of likely N-dealkylation sites (N-methyl/N-ethyl adjacent to an activating group) is 1. The van der Waals surface area contributed by atoms with Gasteiger partial charge in [-0.15, -0.1) is 0 Å². The Labute approximate surface area is 219 Å². The number of hydrogen-bond donors (Lipinski definition) is 2. The molecule has 5 rings (SSSR count). The molecule has 3 amide bonds. The Morgan fingerprint density at radius 1 is 1.27 bits per heavy atom. The molecule has 3 heterocycles. The molecule has 1 saturated heterocycles. The summed E-state index contributed by atoms with van der Waals surface area (Å²) in [5.74, 6) is -0.789. The van der Waals surface area contributed by atoms with E-state index in [2.05, 4.69) is 9.88 Å². The SMILES string of the molecule is CCN(CCOC)CCN1C(=O)N2C(c3cccc(O)c3)c3[nH]c4cc(F)c(Cl)cc4c3CC2(C)C1=O.